The molecule has 1 aromatic heterocycles. The first-order chi connectivity index (χ1) is 7.22. The summed E-state index contributed by atoms with van der Waals surface area (Å²) in [7, 11) is 1.45. The van der Waals surface area contributed by atoms with Crippen molar-refractivity contribution in [2.24, 2.45) is 11.8 Å². The lowest BCUT2D eigenvalue weighted by Gasteiger charge is -2.13. The van der Waals surface area contributed by atoms with Crippen molar-refractivity contribution >= 4 is 22.4 Å². The number of hydrogen-bond acceptors (Lipinski definition) is 5. The zero-order valence-electron chi connectivity index (χ0n) is 8.84. The van der Waals surface area contributed by atoms with Crippen molar-refractivity contribution in [3.05, 3.63) is 11.6 Å². The average molecular weight is 226 g/mol. The Morgan fingerprint density at radius 3 is 3.07 bits per heavy atom. The molecule has 0 radical (unpaired) electrons. The molecule has 15 heavy (non-hydrogen) atoms. The summed E-state index contributed by atoms with van der Waals surface area (Å²) in [6.45, 7) is 3.68. The quantitative estimate of drug-likeness (QED) is 0.715. The Kier molecular flexibility index (Phi) is 2.90. The smallest absolute Gasteiger partial charge is 0.310 e. The minimum atomic E-state index is -0.110. The number of nitrogens with zero attached hydrogens (tertiary/aromatic N) is 2. The Bertz CT molecular complexity index is 339. The van der Waals surface area contributed by atoms with Crippen LogP contribution in [0.1, 0.15) is 6.92 Å². The van der Waals surface area contributed by atoms with Crippen LogP contribution in [0.15, 0.2) is 11.6 Å². The molecule has 0 N–H and O–H groups in total. The van der Waals surface area contributed by atoms with Crippen molar-refractivity contribution in [3.8, 4) is 0 Å². The van der Waals surface area contributed by atoms with Gasteiger partial charge < -0.3 is 9.64 Å². The standard InChI is InChI=1S/C10H14N2O2S/c1-7-5-12(10-11-3-4-15-10)6-8(7)9(13)14-2/h3-4,7-8H,5-6H2,1-2H3. The van der Waals surface area contributed by atoms with E-state index in [-0.39, 0.29) is 11.9 Å². The van der Waals surface area contributed by atoms with Crippen LogP contribution in [0, 0.1) is 11.8 Å². The molecule has 0 aliphatic carbocycles. The number of hydrogen-bond donors (Lipinski definition) is 0. The van der Waals surface area contributed by atoms with Crippen molar-refractivity contribution < 1.29 is 9.53 Å². The molecule has 1 fully saturated rings. The molecule has 0 saturated carbocycles. The van der Waals surface area contributed by atoms with E-state index < -0.39 is 0 Å². The minimum Gasteiger partial charge on any atom is -0.469 e. The van der Waals surface area contributed by atoms with Crippen molar-refractivity contribution in [1.82, 2.24) is 4.98 Å². The third-order valence-corrected chi connectivity index (χ3v) is 3.64. The Morgan fingerprint density at radius 2 is 2.47 bits per heavy atom. The topological polar surface area (TPSA) is 42.4 Å². The predicted octanol–water partition coefficient (Wildman–Crippen LogP) is 1.39. The van der Waals surface area contributed by atoms with Gasteiger partial charge in [0.2, 0.25) is 0 Å². The number of anilines is 1. The van der Waals surface area contributed by atoms with Crippen molar-refractivity contribution in [2.45, 2.75) is 6.92 Å². The Balaban J connectivity index is 2.07. The minimum absolute atomic E-state index is 0.0149. The lowest BCUT2D eigenvalue weighted by molar-refractivity contribution is -0.145. The van der Waals surface area contributed by atoms with Crippen LogP contribution < -0.4 is 4.90 Å². The molecule has 0 spiro atoms. The fourth-order valence-electron chi connectivity index (χ4n) is 1.95. The summed E-state index contributed by atoms with van der Waals surface area (Å²) >= 11 is 1.61. The monoisotopic (exact) mass is 226 g/mol. The highest BCUT2D eigenvalue weighted by atomic mass is 32.1. The molecule has 82 valence electrons. The molecule has 2 unspecified atom stereocenters. The lowest BCUT2D eigenvalue weighted by Crippen LogP contribution is -2.24. The molecule has 4 nitrogen and oxygen atoms in total. The summed E-state index contributed by atoms with van der Waals surface area (Å²) in [5.41, 5.74) is 0. The van der Waals surface area contributed by atoms with Crippen molar-refractivity contribution in [3.63, 3.8) is 0 Å². The molecule has 0 bridgehead atoms. The fraction of sp³-hybridized carbons (Fsp3) is 0.600. The van der Waals surface area contributed by atoms with E-state index in [2.05, 4.69) is 16.8 Å². The highest BCUT2D eigenvalue weighted by Crippen LogP contribution is 2.29. The number of carbonyl (C=O) groups excluding carboxylic acids is 1. The maximum atomic E-state index is 11.5. The van der Waals surface area contributed by atoms with E-state index in [0.29, 0.717) is 5.92 Å². The second kappa shape index (κ2) is 4.18. The van der Waals surface area contributed by atoms with Crippen LogP contribution in [0.4, 0.5) is 5.13 Å². The van der Waals surface area contributed by atoms with E-state index in [9.17, 15) is 4.79 Å². The maximum Gasteiger partial charge on any atom is 0.310 e. The number of esters is 1. The van der Waals surface area contributed by atoms with Gasteiger partial charge in [-0.05, 0) is 5.92 Å². The van der Waals surface area contributed by atoms with Gasteiger partial charge in [-0.3, -0.25) is 4.79 Å². The first kappa shape index (κ1) is 10.4. The normalized spacial score (nSPS) is 25.6. The molecule has 0 aromatic carbocycles. The van der Waals surface area contributed by atoms with Crippen LogP contribution >= 0.6 is 11.3 Å². The zero-order chi connectivity index (χ0) is 10.8. The van der Waals surface area contributed by atoms with E-state index in [4.69, 9.17) is 4.74 Å². The van der Waals surface area contributed by atoms with Crippen LogP contribution in [0.3, 0.4) is 0 Å². The van der Waals surface area contributed by atoms with Crippen molar-refractivity contribution in [2.75, 3.05) is 25.1 Å². The van der Waals surface area contributed by atoms with E-state index >= 15 is 0 Å². The molecule has 1 aromatic rings. The maximum absolute atomic E-state index is 11.5. The number of aromatic nitrogens is 1. The number of rotatable bonds is 2. The van der Waals surface area contributed by atoms with Gasteiger partial charge in [0, 0.05) is 24.7 Å². The summed E-state index contributed by atoms with van der Waals surface area (Å²) in [5.74, 6) is 0.210. The summed E-state index contributed by atoms with van der Waals surface area (Å²) in [5, 5.41) is 2.94. The van der Waals surface area contributed by atoms with Crippen LogP contribution in [-0.4, -0.2) is 31.2 Å². The third kappa shape index (κ3) is 1.97. The molecular formula is C10H14N2O2S. The SMILES string of the molecule is COC(=O)C1CN(c2nccs2)CC1C. The van der Waals surface area contributed by atoms with Crippen LogP contribution in [0.5, 0.6) is 0 Å². The summed E-state index contributed by atoms with van der Waals surface area (Å²) in [4.78, 5) is 17.9. The molecule has 1 aliphatic heterocycles. The van der Waals surface area contributed by atoms with Gasteiger partial charge in [0.15, 0.2) is 5.13 Å². The van der Waals surface area contributed by atoms with Crippen molar-refractivity contribution in [1.29, 1.82) is 0 Å². The number of carbonyl (C=O) groups is 1. The molecular weight excluding hydrogens is 212 g/mol. The lowest BCUT2D eigenvalue weighted by atomic mass is 9.99. The van der Waals surface area contributed by atoms with E-state index in [1.54, 1.807) is 17.5 Å². The van der Waals surface area contributed by atoms with Crippen LogP contribution in [-0.2, 0) is 9.53 Å². The molecule has 2 atom stereocenters. The second-order valence-electron chi connectivity index (χ2n) is 3.83. The average Bonchev–Trinajstić information content (AvgIpc) is 2.84. The van der Waals surface area contributed by atoms with Gasteiger partial charge in [0.1, 0.15) is 0 Å². The first-order valence-electron chi connectivity index (χ1n) is 4.94. The number of ether oxygens (including phenoxy) is 1. The first-order valence-corrected chi connectivity index (χ1v) is 5.82. The molecule has 0 amide bonds. The van der Waals surface area contributed by atoms with E-state index in [0.717, 1.165) is 18.2 Å². The Hall–Kier alpha value is -1.10. The van der Waals surface area contributed by atoms with Gasteiger partial charge >= 0.3 is 5.97 Å². The molecule has 2 rings (SSSR count). The van der Waals surface area contributed by atoms with E-state index in [1.807, 2.05) is 5.38 Å². The molecule has 2 heterocycles. The Morgan fingerprint density at radius 1 is 1.67 bits per heavy atom. The highest BCUT2D eigenvalue weighted by molar-refractivity contribution is 7.13. The molecule has 1 saturated heterocycles. The zero-order valence-corrected chi connectivity index (χ0v) is 9.66. The van der Waals surface area contributed by atoms with Crippen LogP contribution in [0.25, 0.3) is 0 Å². The van der Waals surface area contributed by atoms with Gasteiger partial charge in [-0.15, -0.1) is 11.3 Å². The summed E-state index contributed by atoms with van der Waals surface area (Å²) < 4.78 is 4.79. The summed E-state index contributed by atoms with van der Waals surface area (Å²) in [6, 6.07) is 0. The Labute approximate surface area is 92.9 Å². The van der Waals surface area contributed by atoms with Gasteiger partial charge in [-0.1, -0.05) is 6.92 Å². The predicted molar refractivity (Wildman–Crippen MR) is 59.0 cm³/mol. The second-order valence-corrected chi connectivity index (χ2v) is 4.70. The van der Waals surface area contributed by atoms with Gasteiger partial charge in [-0.25, -0.2) is 4.98 Å². The number of methoxy groups -OCH3 is 1. The highest BCUT2D eigenvalue weighted by Gasteiger charge is 2.36. The summed E-state index contributed by atoms with van der Waals surface area (Å²) in [6.07, 6.45) is 1.79. The van der Waals surface area contributed by atoms with Gasteiger partial charge in [0.25, 0.3) is 0 Å². The van der Waals surface area contributed by atoms with Gasteiger partial charge in [-0.2, -0.15) is 0 Å². The van der Waals surface area contributed by atoms with Crippen LogP contribution in [0.2, 0.25) is 0 Å². The van der Waals surface area contributed by atoms with Gasteiger partial charge in [0.05, 0.1) is 13.0 Å². The largest absolute Gasteiger partial charge is 0.469 e. The molecule has 5 heteroatoms. The fourth-order valence-corrected chi connectivity index (χ4v) is 2.62. The number of thiazole rings is 1. The van der Waals surface area contributed by atoms with E-state index in [1.165, 1.54) is 7.11 Å². The third-order valence-electron chi connectivity index (χ3n) is 2.81. The molecule has 1 aliphatic rings.